The molecule has 2 amide bonds. The number of carbonyl (C=O) groups is 2. The van der Waals surface area contributed by atoms with E-state index in [-0.39, 0.29) is 18.3 Å². The second-order valence-electron chi connectivity index (χ2n) is 4.99. The maximum absolute atomic E-state index is 12.0. The third kappa shape index (κ3) is 4.57. The van der Waals surface area contributed by atoms with Crippen LogP contribution in [0.3, 0.4) is 0 Å². The molecule has 0 radical (unpaired) electrons. The number of nitrogen functional groups attached to an aromatic ring is 1. The van der Waals surface area contributed by atoms with Crippen LogP contribution in [0.1, 0.15) is 26.3 Å². The van der Waals surface area contributed by atoms with Gasteiger partial charge in [-0.3, -0.25) is 15.0 Å². The van der Waals surface area contributed by atoms with Gasteiger partial charge < -0.3 is 21.5 Å². The molecular weight excluding hydrogens is 308 g/mol. The summed E-state index contributed by atoms with van der Waals surface area (Å²) in [7, 11) is 0. The van der Waals surface area contributed by atoms with Crippen LogP contribution in [-0.2, 0) is 0 Å². The number of hydrogen-bond acceptors (Lipinski definition) is 4. The van der Waals surface area contributed by atoms with Gasteiger partial charge in [-0.25, -0.2) is 0 Å². The fraction of sp³-hybridized carbons (Fsp3) is 0.118. The molecule has 0 aliphatic rings. The van der Waals surface area contributed by atoms with Crippen molar-refractivity contribution in [3.63, 3.8) is 0 Å². The Morgan fingerprint density at radius 3 is 2.29 bits per heavy atom. The molecule has 6 N–H and O–H groups in total. The summed E-state index contributed by atoms with van der Waals surface area (Å²) in [6, 6.07) is 12.9. The average Bonchev–Trinajstić information content (AvgIpc) is 2.59. The molecule has 0 aliphatic carbocycles. The molecule has 2 aromatic carbocycles. The number of ether oxygens (including phenoxy) is 1. The summed E-state index contributed by atoms with van der Waals surface area (Å²) in [4.78, 5) is 22.9. The molecule has 0 unspecified atom stereocenters. The van der Waals surface area contributed by atoms with Gasteiger partial charge >= 0.3 is 0 Å². The largest absolute Gasteiger partial charge is 0.492 e. The van der Waals surface area contributed by atoms with Crippen LogP contribution in [0.15, 0.2) is 48.5 Å². The van der Waals surface area contributed by atoms with Crippen LogP contribution in [0.4, 0.5) is 0 Å². The lowest BCUT2D eigenvalue weighted by Gasteiger charge is -2.09. The summed E-state index contributed by atoms with van der Waals surface area (Å²) in [5, 5.41) is 10.1. The van der Waals surface area contributed by atoms with Gasteiger partial charge in [0.05, 0.1) is 6.54 Å². The average molecular weight is 326 g/mol. The van der Waals surface area contributed by atoms with Crippen molar-refractivity contribution in [2.24, 2.45) is 11.5 Å². The highest BCUT2D eigenvalue weighted by atomic mass is 16.5. The van der Waals surface area contributed by atoms with Crippen molar-refractivity contribution in [1.82, 2.24) is 5.32 Å². The summed E-state index contributed by atoms with van der Waals surface area (Å²) in [5.74, 6) is -0.272. The van der Waals surface area contributed by atoms with E-state index in [9.17, 15) is 9.59 Å². The highest BCUT2D eigenvalue weighted by Crippen LogP contribution is 2.12. The second kappa shape index (κ2) is 7.77. The number of nitrogens with two attached hydrogens (primary N) is 2. The van der Waals surface area contributed by atoms with Gasteiger partial charge in [-0.1, -0.05) is 12.1 Å². The minimum absolute atomic E-state index is 0.0341. The smallest absolute Gasteiger partial charge is 0.251 e. The van der Waals surface area contributed by atoms with Crippen molar-refractivity contribution in [1.29, 1.82) is 5.41 Å². The first-order valence-electron chi connectivity index (χ1n) is 7.22. The van der Waals surface area contributed by atoms with E-state index in [4.69, 9.17) is 21.6 Å². The minimum Gasteiger partial charge on any atom is -0.492 e. The summed E-state index contributed by atoms with van der Waals surface area (Å²) >= 11 is 0. The zero-order valence-electron chi connectivity index (χ0n) is 12.9. The molecule has 0 aliphatic heterocycles. The lowest BCUT2D eigenvalue weighted by molar-refractivity contribution is 0.0944. The van der Waals surface area contributed by atoms with Crippen LogP contribution in [0.5, 0.6) is 5.75 Å². The number of benzene rings is 2. The van der Waals surface area contributed by atoms with Gasteiger partial charge in [0.25, 0.3) is 5.91 Å². The topological polar surface area (TPSA) is 131 Å². The monoisotopic (exact) mass is 326 g/mol. The Morgan fingerprint density at radius 2 is 1.67 bits per heavy atom. The van der Waals surface area contributed by atoms with Crippen LogP contribution in [0, 0.1) is 5.41 Å². The molecule has 124 valence electrons. The third-order valence-corrected chi connectivity index (χ3v) is 3.23. The zero-order valence-corrected chi connectivity index (χ0v) is 12.9. The van der Waals surface area contributed by atoms with E-state index in [0.29, 0.717) is 29.0 Å². The Morgan fingerprint density at radius 1 is 1.00 bits per heavy atom. The Bertz CT molecular complexity index is 757. The number of hydrogen-bond donors (Lipinski definition) is 4. The van der Waals surface area contributed by atoms with Crippen molar-refractivity contribution < 1.29 is 14.3 Å². The molecule has 2 rings (SSSR count). The lowest BCUT2D eigenvalue weighted by atomic mass is 10.1. The maximum atomic E-state index is 12.0. The van der Waals surface area contributed by atoms with Crippen molar-refractivity contribution in [2.45, 2.75) is 0 Å². The summed E-state index contributed by atoms with van der Waals surface area (Å²) in [6.45, 7) is 0.577. The summed E-state index contributed by atoms with van der Waals surface area (Å²) in [5.41, 5.74) is 11.9. The Kier molecular flexibility index (Phi) is 5.51. The maximum Gasteiger partial charge on any atom is 0.251 e. The minimum atomic E-state index is -0.539. The third-order valence-electron chi connectivity index (χ3n) is 3.23. The number of amides is 2. The van der Waals surface area contributed by atoms with Crippen LogP contribution < -0.4 is 21.5 Å². The Balaban J connectivity index is 1.81. The molecule has 0 fully saturated rings. The zero-order chi connectivity index (χ0) is 17.5. The molecule has 0 heterocycles. The summed E-state index contributed by atoms with van der Waals surface area (Å²) in [6.07, 6.45) is 0. The van der Waals surface area contributed by atoms with Gasteiger partial charge in [-0.05, 0) is 36.4 Å². The van der Waals surface area contributed by atoms with Gasteiger partial charge in [0.1, 0.15) is 18.2 Å². The standard InChI is InChI=1S/C17H18N4O3/c18-15(19)13-2-1-3-14(10-13)24-9-8-21-17(23)12-6-4-11(5-7-12)16(20)22/h1-7,10H,8-9H2,(H3,18,19)(H2,20,22)(H,21,23). The lowest BCUT2D eigenvalue weighted by Crippen LogP contribution is -2.28. The first-order chi connectivity index (χ1) is 11.5. The van der Waals surface area contributed by atoms with Crippen LogP contribution in [0.25, 0.3) is 0 Å². The van der Waals surface area contributed by atoms with E-state index < -0.39 is 5.91 Å². The number of primary amides is 1. The van der Waals surface area contributed by atoms with E-state index in [1.807, 2.05) is 0 Å². The molecule has 0 bridgehead atoms. The SMILES string of the molecule is N=C(N)c1cccc(OCCNC(=O)c2ccc(C(N)=O)cc2)c1. The molecule has 0 atom stereocenters. The van der Waals surface area contributed by atoms with Crippen molar-refractivity contribution in [3.8, 4) is 5.75 Å². The quantitative estimate of drug-likeness (QED) is 0.341. The first kappa shape index (κ1) is 17.0. The molecule has 24 heavy (non-hydrogen) atoms. The normalized spacial score (nSPS) is 10.0. The molecule has 7 nitrogen and oxygen atoms in total. The van der Waals surface area contributed by atoms with Gasteiger partial charge in [0.15, 0.2) is 0 Å². The van der Waals surface area contributed by atoms with Crippen molar-refractivity contribution >= 4 is 17.6 Å². The molecule has 0 saturated carbocycles. The van der Waals surface area contributed by atoms with Crippen LogP contribution in [0.2, 0.25) is 0 Å². The van der Waals surface area contributed by atoms with E-state index in [1.54, 1.807) is 24.3 Å². The van der Waals surface area contributed by atoms with Gasteiger partial charge in [0, 0.05) is 16.7 Å². The fourth-order valence-electron chi connectivity index (χ4n) is 1.97. The van der Waals surface area contributed by atoms with Crippen LogP contribution in [-0.4, -0.2) is 30.8 Å². The predicted octanol–water partition coefficient (Wildman–Crippen LogP) is 0.878. The van der Waals surface area contributed by atoms with Crippen molar-refractivity contribution in [2.75, 3.05) is 13.2 Å². The molecule has 7 heteroatoms. The van der Waals surface area contributed by atoms with E-state index in [1.165, 1.54) is 24.3 Å². The Hall–Kier alpha value is -3.35. The number of rotatable bonds is 7. The second-order valence-corrected chi connectivity index (χ2v) is 4.99. The highest BCUT2D eigenvalue weighted by molar-refractivity contribution is 5.97. The molecule has 0 spiro atoms. The van der Waals surface area contributed by atoms with Gasteiger partial charge in [-0.15, -0.1) is 0 Å². The fourth-order valence-corrected chi connectivity index (χ4v) is 1.97. The highest BCUT2D eigenvalue weighted by Gasteiger charge is 2.06. The number of carbonyl (C=O) groups excluding carboxylic acids is 2. The van der Waals surface area contributed by atoms with Crippen molar-refractivity contribution in [3.05, 3.63) is 65.2 Å². The van der Waals surface area contributed by atoms with E-state index >= 15 is 0 Å². The number of nitrogens with one attached hydrogen (secondary N) is 2. The molecule has 0 saturated heterocycles. The van der Waals surface area contributed by atoms with Gasteiger partial charge in [-0.2, -0.15) is 0 Å². The van der Waals surface area contributed by atoms with E-state index in [2.05, 4.69) is 5.32 Å². The summed E-state index contributed by atoms with van der Waals surface area (Å²) < 4.78 is 5.51. The van der Waals surface area contributed by atoms with Gasteiger partial charge in [0.2, 0.25) is 5.91 Å². The predicted molar refractivity (Wildman–Crippen MR) is 90.2 cm³/mol. The molecular formula is C17H18N4O3. The van der Waals surface area contributed by atoms with E-state index in [0.717, 1.165) is 0 Å². The first-order valence-corrected chi connectivity index (χ1v) is 7.22. The Labute approximate surface area is 139 Å². The molecule has 2 aromatic rings. The number of amidine groups is 1. The molecule has 0 aromatic heterocycles. The van der Waals surface area contributed by atoms with Crippen LogP contribution >= 0.6 is 0 Å².